The summed E-state index contributed by atoms with van der Waals surface area (Å²) in [6.45, 7) is 5.39. The molecule has 0 spiro atoms. The van der Waals surface area contributed by atoms with Crippen molar-refractivity contribution in [2.45, 2.75) is 6.92 Å². The molecule has 2 N–H and O–H groups in total. The lowest BCUT2D eigenvalue weighted by molar-refractivity contribution is -0.110. The largest absolute Gasteiger partial charge is 0.462 e. The first-order valence-corrected chi connectivity index (χ1v) is 14.5. The van der Waals surface area contributed by atoms with E-state index in [4.69, 9.17) is 9.47 Å². The predicted molar refractivity (Wildman–Crippen MR) is 158 cm³/mol. The van der Waals surface area contributed by atoms with E-state index in [0.717, 1.165) is 47.4 Å². The zero-order valence-electron chi connectivity index (χ0n) is 22.2. The first-order valence-electron chi connectivity index (χ1n) is 12.4. The Morgan fingerprint density at radius 1 is 1.08 bits per heavy atom. The van der Waals surface area contributed by atoms with Gasteiger partial charge in [-0.1, -0.05) is 30.1 Å². The molecule has 208 valence electrons. The summed E-state index contributed by atoms with van der Waals surface area (Å²) in [6.07, 6.45) is 2.43. The third-order valence-corrected chi connectivity index (χ3v) is 7.22. The number of ether oxygens (including phenoxy) is 3. The molecule has 2 aromatic carbocycles. The van der Waals surface area contributed by atoms with Crippen molar-refractivity contribution in [3.8, 4) is 10.4 Å². The zero-order chi connectivity index (χ0) is 28.0. The van der Waals surface area contributed by atoms with E-state index < -0.39 is 5.97 Å². The van der Waals surface area contributed by atoms with E-state index in [-0.39, 0.29) is 12.6 Å². The molecule has 11 heteroatoms. The van der Waals surface area contributed by atoms with Gasteiger partial charge in [-0.25, -0.2) is 9.59 Å². The number of carbonyl (C=O) groups excluding carboxylic acids is 3. The highest BCUT2D eigenvalue weighted by molar-refractivity contribution is 7.99. The molecule has 0 aliphatic carbocycles. The SMILES string of the molecule is CCOC(=O)c1cc(-c2ccc(N3CCOCC3)cc2)sc1NC.CSNc1cccc(C(=O)OCC=O)c1. The average molecular weight is 572 g/mol. The maximum Gasteiger partial charge on any atom is 0.341 e. The second kappa shape index (κ2) is 15.8. The molecule has 1 aliphatic rings. The molecule has 0 amide bonds. The summed E-state index contributed by atoms with van der Waals surface area (Å²) >= 11 is 3.00. The van der Waals surface area contributed by atoms with Crippen molar-refractivity contribution in [1.29, 1.82) is 0 Å². The van der Waals surface area contributed by atoms with Crippen molar-refractivity contribution in [3.63, 3.8) is 0 Å². The molecule has 0 atom stereocenters. The van der Waals surface area contributed by atoms with Crippen LogP contribution in [0, 0.1) is 0 Å². The molecular weight excluding hydrogens is 538 g/mol. The minimum absolute atomic E-state index is 0.209. The molecule has 39 heavy (non-hydrogen) atoms. The number of benzene rings is 2. The zero-order valence-corrected chi connectivity index (χ0v) is 23.9. The number of aldehydes is 1. The number of anilines is 3. The van der Waals surface area contributed by atoms with Gasteiger partial charge in [-0.2, -0.15) is 0 Å². The van der Waals surface area contributed by atoms with Gasteiger partial charge in [0, 0.05) is 42.6 Å². The number of thiophene rings is 1. The van der Waals surface area contributed by atoms with Crippen LogP contribution in [0.1, 0.15) is 27.6 Å². The summed E-state index contributed by atoms with van der Waals surface area (Å²) in [5.74, 6) is -0.777. The first kappa shape index (κ1) is 30.0. The Balaban J connectivity index is 0.000000242. The molecule has 0 bridgehead atoms. The Labute approximate surface area is 237 Å². The number of nitrogens with zero attached hydrogens (tertiary/aromatic N) is 1. The fraction of sp³-hybridized carbons (Fsp3) is 0.321. The Kier molecular flexibility index (Phi) is 12.1. The highest BCUT2D eigenvalue weighted by atomic mass is 32.2. The maximum atomic E-state index is 12.1. The van der Waals surface area contributed by atoms with Gasteiger partial charge >= 0.3 is 11.9 Å². The van der Waals surface area contributed by atoms with Crippen LogP contribution in [-0.4, -0.2) is 71.0 Å². The summed E-state index contributed by atoms with van der Waals surface area (Å²) in [4.78, 5) is 36.8. The van der Waals surface area contributed by atoms with E-state index in [0.29, 0.717) is 24.0 Å². The number of carbonyl (C=O) groups is 3. The van der Waals surface area contributed by atoms with Crippen molar-refractivity contribution < 1.29 is 28.6 Å². The van der Waals surface area contributed by atoms with Crippen LogP contribution in [0.5, 0.6) is 0 Å². The number of morpholine rings is 1. The number of rotatable bonds is 10. The first-order chi connectivity index (χ1) is 19.0. The topological polar surface area (TPSA) is 106 Å². The summed E-state index contributed by atoms with van der Waals surface area (Å²) in [6, 6.07) is 17.3. The van der Waals surface area contributed by atoms with E-state index in [1.54, 1.807) is 29.5 Å². The lowest BCUT2D eigenvalue weighted by atomic mass is 10.1. The smallest absolute Gasteiger partial charge is 0.341 e. The Bertz CT molecular complexity index is 1230. The van der Waals surface area contributed by atoms with E-state index in [2.05, 4.69) is 43.9 Å². The van der Waals surface area contributed by atoms with Crippen LogP contribution in [0.15, 0.2) is 54.6 Å². The summed E-state index contributed by atoms with van der Waals surface area (Å²) < 4.78 is 18.2. The number of nitrogens with one attached hydrogen (secondary N) is 2. The maximum absolute atomic E-state index is 12.1. The van der Waals surface area contributed by atoms with Crippen LogP contribution in [0.25, 0.3) is 10.4 Å². The monoisotopic (exact) mass is 571 g/mol. The lowest BCUT2D eigenvalue weighted by Gasteiger charge is -2.28. The molecule has 0 radical (unpaired) electrons. The molecule has 1 aliphatic heterocycles. The van der Waals surface area contributed by atoms with E-state index in [1.807, 2.05) is 32.4 Å². The fourth-order valence-electron chi connectivity index (χ4n) is 3.76. The van der Waals surface area contributed by atoms with E-state index in [9.17, 15) is 14.4 Å². The molecule has 1 saturated heterocycles. The summed E-state index contributed by atoms with van der Waals surface area (Å²) in [5, 5.41) is 3.92. The molecule has 4 rings (SSSR count). The van der Waals surface area contributed by atoms with Gasteiger partial charge in [0.15, 0.2) is 6.29 Å². The molecular formula is C28H33N3O6S2. The minimum atomic E-state index is -0.494. The van der Waals surface area contributed by atoms with Crippen molar-refractivity contribution in [3.05, 3.63) is 65.7 Å². The van der Waals surface area contributed by atoms with Gasteiger partial charge in [0.25, 0.3) is 0 Å². The van der Waals surface area contributed by atoms with E-state index >= 15 is 0 Å². The van der Waals surface area contributed by atoms with Crippen LogP contribution in [0.4, 0.5) is 16.4 Å². The van der Waals surface area contributed by atoms with Gasteiger partial charge in [0.1, 0.15) is 11.6 Å². The Morgan fingerprint density at radius 2 is 1.82 bits per heavy atom. The third-order valence-electron chi connectivity index (χ3n) is 5.58. The quantitative estimate of drug-likeness (QED) is 0.192. The second-order valence-corrected chi connectivity index (χ2v) is 9.79. The van der Waals surface area contributed by atoms with Crippen LogP contribution in [0.2, 0.25) is 0 Å². The molecule has 1 fully saturated rings. The highest BCUT2D eigenvalue weighted by Gasteiger charge is 2.18. The molecule has 0 saturated carbocycles. The van der Waals surface area contributed by atoms with Crippen molar-refractivity contribution >= 4 is 57.9 Å². The fourth-order valence-corrected chi connectivity index (χ4v) is 5.13. The highest BCUT2D eigenvalue weighted by Crippen LogP contribution is 2.36. The van der Waals surface area contributed by atoms with Crippen molar-refractivity contribution in [1.82, 2.24) is 0 Å². The predicted octanol–water partition coefficient (Wildman–Crippen LogP) is 5.20. The molecule has 3 aromatic rings. The summed E-state index contributed by atoms with van der Waals surface area (Å²) in [5.41, 5.74) is 4.15. The van der Waals surface area contributed by atoms with Gasteiger partial charge < -0.3 is 29.1 Å². The second-order valence-electron chi connectivity index (χ2n) is 8.12. The Hall–Kier alpha value is -3.54. The molecule has 1 aromatic heterocycles. The normalized spacial score (nSPS) is 12.5. The average Bonchev–Trinajstić information content (AvgIpc) is 3.42. The van der Waals surface area contributed by atoms with Crippen LogP contribution < -0.4 is 14.9 Å². The van der Waals surface area contributed by atoms with Gasteiger partial charge in [0.2, 0.25) is 0 Å². The van der Waals surface area contributed by atoms with Crippen LogP contribution >= 0.6 is 23.3 Å². The molecule has 2 heterocycles. The minimum Gasteiger partial charge on any atom is -0.462 e. The standard InChI is InChI=1S/C18H22N2O3S.C10H11NO3S/c1-3-23-18(21)15-12-16(24-17(15)19-2)13-4-6-14(7-5-13)20-8-10-22-11-9-20;1-15-11-9-4-2-3-8(7-9)10(13)14-6-5-12/h4-7,12,19H,3,8-11H2,1-2H3;2-5,7,11H,6H2,1H3. The van der Waals surface area contributed by atoms with Gasteiger partial charge in [-0.3, -0.25) is 4.79 Å². The number of hydrogen-bond donors (Lipinski definition) is 2. The number of hydrogen-bond acceptors (Lipinski definition) is 11. The third kappa shape index (κ3) is 8.74. The number of esters is 2. The summed E-state index contributed by atoms with van der Waals surface area (Å²) in [7, 11) is 1.82. The van der Waals surface area contributed by atoms with Gasteiger partial charge in [-0.15, -0.1) is 11.3 Å². The van der Waals surface area contributed by atoms with E-state index in [1.165, 1.54) is 17.6 Å². The molecule has 9 nitrogen and oxygen atoms in total. The van der Waals surface area contributed by atoms with Gasteiger partial charge in [-0.05, 0) is 48.9 Å². The Morgan fingerprint density at radius 3 is 2.46 bits per heavy atom. The molecule has 0 unspecified atom stereocenters. The van der Waals surface area contributed by atoms with Crippen molar-refractivity contribution in [2.75, 3.05) is 67.8 Å². The lowest BCUT2D eigenvalue weighted by Crippen LogP contribution is -2.36. The van der Waals surface area contributed by atoms with Crippen molar-refractivity contribution in [2.24, 2.45) is 0 Å². The van der Waals surface area contributed by atoms with Gasteiger partial charge in [0.05, 0.1) is 30.9 Å². The van der Waals surface area contributed by atoms with Crippen LogP contribution in [-0.2, 0) is 19.0 Å². The van der Waals surface area contributed by atoms with Crippen LogP contribution in [0.3, 0.4) is 0 Å².